The first-order chi connectivity index (χ1) is 16.4. The van der Waals surface area contributed by atoms with Crippen LogP contribution in [0, 0.1) is 5.92 Å². The number of halogens is 7. The molecule has 196 valence electrons. The molecule has 0 amide bonds. The summed E-state index contributed by atoms with van der Waals surface area (Å²) in [6.07, 6.45) is -1.94. The van der Waals surface area contributed by atoms with Crippen LogP contribution < -0.4 is 17.0 Å². The zero-order chi connectivity index (χ0) is 25.4. The van der Waals surface area contributed by atoms with Crippen molar-refractivity contribution in [3.05, 3.63) is 82.6 Å². The summed E-state index contributed by atoms with van der Waals surface area (Å²) in [4.78, 5) is 2.35. The van der Waals surface area contributed by atoms with Gasteiger partial charge in [-0.1, -0.05) is 24.3 Å². The maximum Gasteiger partial charge on any atom is 0.416 e. The molecule has 9 heteroatoms. The number of alkyl halides is 6. The van der Waals surface area contributed by atoms with E-state index < -0.39 is 29.0 Å². The van der Waals surface area contributed by atoms with Gasteiger partial charge in [0.05, 0.1) is 17.0 Å². The van der Waals surface area contributed by atoms with E-state index in [1.807, 2.05) is 6.21 Å². The first-order valence-electron chi connectivity index (χ1n) is 11.7. The fourth-order valence-electron chi connectivity index (χ4n) is 5.01. The Kier molecular flexibility index (Phi) is 8.33. The molecular weight excluding hydrogens is 546 g/mol. The number of hydrogen-bond acceptors (Lipinski definition) is 1. The highest BCUT2D eigenvalue weighted by atomic mass is 79.9. The topological polar surface area (TPSA) is 6.25 Å². The predicted molar refractivity (Wildman–Crippen MR) is 123 cm³/mol. The molecule has 2 aromatic carbocycles. The van der Waals surface area contributed by atoms with Crippen molar-refractivity contribution >= 4 is 6.21 Å². The van der Waals surface area contributed by atoms with Crippen LogP contribution in [0.5, 0.6) is 0 Å². The lowest BCUT2D eigenvalue weighted by Crippen LogP contribution is -3.00. The minimum Gasteiger partial charge on any atom is -1.00 e. The first kappa shape index (κ1) is 28.3. The molecule has 1 unspecified atom stereocenters. The van der Waals surface area contributed by atoms with E-state index in [4.69, 9.17) is 0 Å². The summed E-state index contributed by atoms with van der Waals surface area (Å²) in [7, 11) is 0. The third kappa shape index (κ3) is 6.15. The molecule has 0 aliphatic carbocycles. The van der Waals surface area contributed by atoms with Crippen LogP contribution in [-0.4, -0.2) is 34.3 Å². The lowest BCUT2D eigenvalue weighted by Gasteiger charge is -2.39. The second kappa shape index (κ2) is 10.6. The molecule has 2 aliphatic heterocycles. The standard InChI is InChI=1S/C27H29F6N2.BrH/c1-25(2)23(17-19-5-9-21(10-6-19)26(28,29)30)24(34-14-3-4-15-34)13-16-35(25)18-20-7-11-22(12-8-20)27(31,32)33;/h5-13,16,23H,3-4,14-15,17-18H2,1-2H3;1H/q+1;/p-1. The van der Waals surface area contributed by atoms with Crippen molar-refractivity contribution in [2.24, 2.45) is 5.92 Å². The minimum atomic E-state index is -4.38. The fraction of sp³-hybridized carbons (Fsp3) is 0.444. The van der Waals surface area contributed by atoms with E-state index >= 15 is 0 Å². The molecular formula is C27H29BrF6N2. The molecule has 0 aromatic heterocycles. The molecule has 0 N–H and O–H groups in total. The SMILES string of the molecule is CC1(C)C(Cc2ccc(C(F)(F)F)cc2)C(N2CCCC2)=CC=[N+]1Cc1ccc(C(F)(F)F)cc1.[Br-]. The minimum absolute atomic E-state index is 0. The van der Waals surface area contributed by atoms with Gasteiger partial charge in [0.2, 0.25) is 0 Å². The van der Waals surface area contributed by atoms with E-state index in [1.54, 1.807) is 12.1 Å². The van der Waals surface area contributed by atoms with E-state index in [-0.39, 0.29) is 22.9 Å². The summed E-state index contributed by atoms with van der Waals surface area (Å²) in [5, 5.41) is 0. The summed E-state index contributed by atoms with van der Waals surface area (Å²) in [6, 6.07) is 10.5. The molecule has 36 heavy (non-hydrogen) atoms. The molecule has 2 heterocycles. The molecule has 0 bridgehead atoms. The number of allylic oxidation sites excluding steroid dienone is 1. The number of hydrogen-bond donors (Lipinski definition) is 0. The lowest BCUT2D eigenvalue weighted by molar-refractivity contribution is -0.621. The van der Waals surface area contributed by atoms with Crippen LogP contribution in [0.25, 0.3) is 0 Å². The van der Waals surface area contributed by atoms with E-state index in [0.717, 1.165) is 67.0 Å². The van der Waals surface area contributed by atoms with Gasteiger partial charge in [-0.15, -0.1) is 0 Å². The van der Waals surface area contributed by atoms with Gasteiger partial charge in [0.25, 0.3) is 0 Å². The Bertz CT molecular complexity index is 1090. The quantitative estimate of drug-likeness (QED) is 0.387. The number of benzene rings is 2. The molecule has 2 aliphatic rings. The fourth-order valence-corrected chi connectivity index (χ4v) is 5.01. The monoisotopic (exact) mass is 574 g/mol. The zero-order valence-corrected chi connectivity index (χ0v) is 21.7. The zero-order valence-electron chi connectivity index (χ0n) is 20.1. The molecule has 0 saturated carbocycles. The molecule has 1 atom stereocenters. The molecule has 2 aromatic rings. The summed E-state index contributed by atoms with van der Waals surface area (Å²) in [5.41, 5.74) is 0.969. The van der Waals surface area contributed by atoms with Gasteiger partial charge >= 0.3 is 12.4 Å². The maximum absolute atomic E-state index is 13.0. The smallest absolute Gasteiger partial charge is 0.416 e. The van der Waals surface area contributed by atoms with Crippen molar-refractivity contribution in [3.63, 3.8) is 0 Å². The molecule has 2 nitrogen and oxygen atoms in total. The number of nitrogens with zero attached hydrogens (tertiary/aromatic N) is 2. The average molecular weight is 575 g/mol. The summed E-state index contributed by atoms with van der Waals surface area (Å²) in [5.74, 6) is -0.00298. The van der Waals surface area contributed by atoms with Crippen molar-refractivity contribution < 1.29 is 47.9 Å². The van der Waals surface area contributed by atoms with E-state index in [2.05, 4.69) is 29.4 Å². The van der Waals surface area contributed by atoms with Crippen LogP contribution in [0.3, 0.4) is 0 Å². The molecule has 0 radical (unpaired) electrons. The van der Waals surface area contributed by atoms with Gasteiger partial charge in [-0.25, -0.2) is 4.58 Å². The van der Waals surface area contributed by atoms with Crippen molar-refractivity contribution in [3.8, 4) is 0 Å². The molecule has 1 saturated heterocycles. The highest BCUT2D eigenvalue weighted by Gasteiger charge is 2.45. The van der Waals surface area contributed by atoms with Gasteiger partial charge in [-0.3, -0.25) is 0 Å². The van der Waals surface area contributed by atoms with Crippen molar-refractivity contribution in [2.45, 2.75) is 57.5 Å². The van der Waals surface area contributed by atoms with Crippen LogP contribution >= 0.6 is 0 Å². The van der Waals surface area contributed by atoms with Crippen LogP contribution in [0.4, 0.5) is 26.3 Å². The maximum atomic E-state index is 13.0. The van der Waals surface area contributed by atoms with E-state index in [0.29, 0.717) is 13.0 Å². The summed E-state index contributed by atoms with van der Waals surface area (Å²) >= 11 is 0. The molecule has 1 fully saturated rings. The van der Waals surface area contributed by atoms with Crippen LogP contribution in [0.1, 0.15) is 48.9 Å². The molecule has 0 spiro atoms. The van der Waals surface area contributed by atoms with Crippen molar-refractivity contribution in [1.29, 1.82) is 0 Å². The number of likely N-dealkylation sites (tertiary alicyclic amines) is 1. The Labute approximate surface area is 218 Å². The summed E-state index contributed by atoms with van der Waals surface area (Å²) < 4.78 is 80.0. The van der Waals surface area contributed by atoms with Gasteiger partial charge in [-0.05, 0) is 49.1 Å². The van der Waals surface area contributed by atoms with Gasteiger partial charge in [0, 0.05) is 44.3 Å². The highest BCUT2D eigenvalue weighted by Crippen LogP contribution is 2.38. The Hall–Kier alpha value is -2.29. The Morgan fingerprint density at radius 1 is 0.806 bits per heavy atom. The normalized spacial score (nSPS) is 20.0. The van der Waals surface area contributed by atoms with Crippen molar-refractivity contribution in [2.75, 3.05) is 13.1 Å². The third-order valence-corrected chi connectivity index (χ3v) is 7.20. The van der Waals surface area contributed by atoms with Gasteiger partial charge < -0.3 is 21.9 Å². The Morgan fingerprint density at radius 3 is 1.75 bits per heavy atom. The summed E-state index contributed by atoms with van der Waals surface area (Å²) in [6.45, 7) is 6.49. The average Bonchev–Trinajstić information content (AvgIpc) is 3.31. The lowest BCUT2D eigenvalue weighted by atomic mass is 9.77. The van der Waals surface area contributed by atoms with Gasteiger partial charge in [-0.2, -0.15) is 26.3 Å². The van der Waals surface area contributed by atoms with Crippen LogP contribution in [0.2, 0.25) is 0 Å². The predicted octanol–water partition coefficient (Wildman–Crippen LogP) is 3.94. The third-order valence-electron chi connectivity index (χ3n) is 7.20. The first-order valence-corrected chi connectivity index (χ1v) is 11.7. The van der Waals surface area contributed by atoms with E-state index in [9.17, 15) is 26.3 Å². The van der Waals surface area contributed by atoms with Crippen LogP contribution in [0.15, 0.2) is 60.3 Å². The largest absolute Gasteiger partial charge is 1.00 e. The van der Waals surface area contributed by atoms with Gasteiger partial charge in [0.15, 0.2) is 18.3 Å². The highest BCUT2D eigenvalue weighted by molar-refractivity contribution is 5.69. The van der Waals surface area contributed by atoms with E-state index in [1.165, 1.54) is 12.1 Å². The number of rotatable bonds is 5. The molecule has 4 rings (SSSR count). The second-order valence-corrected chi connectivity index (χ2v) is 9.86. The van der Waals surface area contributed by atoms with Gasteiger partial charge in [0.1, 0.15) is 0 Å². The Balaban J connectivity index is 0.00000361. The Morgan fingerprint density at radius 2 is 1.28 bits per heavy atom. The van der Waals surface area contributed by atoms with Crippen LogP contribution in [-0.2, 0) is 25.3 Å². The second-order valence-electron chi connectivity index (χ2n) is 9.86. The van der Waals surface area contributed by atoms with Crippen molar-refractivity contribution in [1.82, 2.24) is 4.90 Å².